The molecule has 1 amide bonds. The van der Waals surface area contributed by atoms with Crippen LogP contribution in [0.3, 0.4) is 0 Å². The molecule has 132 valence electrons. The van der Waals surface area contributed by atoms with E-state index in [-0.39, 0.29) is 22.5 Å². The molecule has 0 spiro atoms. The van der Waals surface area contributed by atoms with Gasteiger partial charge in [-0.05, 0) is 18.2 Å². The molecule has 1 aliphatic heterocycles. The summed E-state index contributed by atoms with van der Waals surface area (Å²) in [6.45, 7) is 0.791. The van der Waals surface area contributed by atoms with Gasteiger partial charge in [0.25, 0.3) is 11.5 Å². The molecule has 8 nitrogen and oxygen atoms in total. The first-order chi connectivity index (χ1) is 12.5. The molecule has 0 bridgehead atoms. The highest BCUT2D eigenvalue weighted by Gasteiger charge is 2.25. The highest BCUT2D eigenvalue weighted by atomic mass is 16.5. The van der Waals surface area contributed by atoms with Crippen LogP contribution in [0.25, 0.3) is 11.0 Å². The van der Waals surface area contributed by atoms with Crippen molar-refractivity contribution in [3.05, 3.63) is 62.9 Å². The Bertz CT molecular complexity index is 1160. The van der Waals surface area contributed by atoms with E-state index < -0.39 is 11.2 Å². The predicted molar refractivity (Wildman–Crippen MR) is 95.8 cm³/mol. The number of para-hydroxylation sites is 2. The van der Waals surface area contributed by atoms with Crippen molar-refractivity contribution < 1.29 is 9.53 Å². The van der Waals surface area contributed by atoms with Gasteiger partial charge in [0.05, 0.1) is 23.2 Å². The Morgan fingerprint density at radius 3 is 2.73 bits per heavy atom. The molecule has 3 heterocycles. The Labute approximate surface area is 147 Å². The topological polar surface area (TPSA) is 86.4 Å². The molecule has 4 rings (SSSR count). The van der Waals surface area contributed by atoms with Crippen molar-refractivity contribution in [2.24, 2.45) is 14.1 Å². The molecular weight excluding hydrogens is 336 g/mol. The number of carbonyl (C=O) groups excluding carboxylic acids is 1. The van der Waals surface area contributed by atoms with Crippen molar-refractivity contribution >= 4 is 22.6 Å². The number of hydrogen-bond acceptors (Lipinski definition) is 5. The van der Waals surface area contributed by atoms with Crippen LogP contribution in [-0.4, -0.2) is 33.2 Å². The maximum Gasteiger partial charge on any atom is 0.332 e. The minimum atomic E-state index is -0.479. The average Bonchev–Trinajstić information content (AvgIpc) is 2.69. The number of fused-ring (bicyclic) bond motifs is 2. The summed E-state index contributed by atoms with van der Waals surface area (Å²) in [4.78, 5) is 43.2. The summed E-state index contributed by atoms with van der Waals surface area (Å²) in [5.74, 6) is 0.366. The van der Waals surface area contributed by atoms with Crippen molar-refractivity contribution in [1.29, 1.82) is 0 Å². The predicted octanol–water partition coefficient (Wildman–Crippen LogP) is 0.671. The smallest absolute Gasteiger partial charge is 0.332 e. The Balaban J connectivity index is 1.85. The average molecular weight is 352 g/mol. The fourth-order valence-corrected chi connectivity index (χ4v) is 3.12. The molecule has 1 aliphatic rings. The lowest BCUT2D eigenvalue weighted by Gasteiger charge is -2.29. The molecule has 0 atom stereocenters. The van der Waals surface area contributed by atoms with Crippen LogP contribution >= 0.6 is 0 Å². The van der Waals surface area contributed by atoms with Gasteiger partial charge < -0.3 is 9.64 Å². The van der Waals surface area contributed by atoms with Gasteiger partial charge in [-0.25, -0.2) is 9.78 Å². The monoisotopic (exact) mass is 352 g/mol. The molecule has 8 heteroatoms. The number of aromatic nitrogens is 3. The number of amides is 1. The lowest BCUT2D eigenvalue weighted by molar-refractivity contribution is 0.0976. The van der Waals surface area contributed by atoms with Crippen molar-refractivity contribution in [2.75, 3.05) is 18.1 Å². The zero-order valence-corrected chi connectivity index (χ0v) is 14.3. The van der Waals surface area contributed by atoms with E-state index in [9.17, 15) is 14.4 Å². The van der Waals surface area contributed by atoms with Crippen molar-refractivity contribution in [1.82, 2.24) is 14.1 Å². The molecular formula is C18H16N4O4. The maximum absolute atomic E-state index is 13.0. The van der Waals surface area contributed by atoms with Gasteiger partial charge in [-0.15, -0.1) is 0 Å². The van der Waals surface area contributed by atoms with Crippen LogP contribution in [0.5, 0.6) is 5.75 Å². The van der Waals surface area contributed by atoms with Gasteiger partial charge in [0.1, 0.15) is 18.0 Å². The van der Waals surface area contributed by atoms with Crippen LogP contribution in [-0.2, 0) is 14.1 Å². The zero-order chi connectivity index (χ0) is 18.4. The van der Waals surface area contributed by atoms with Crippen LogP contribution in [0.4, 0.5) is 5.69 Å². The van der Waals surface area contributed by atoms with Gasteiger partial charge in [-0.1, -0.05) is 12.1 Å². The Kier molecular flexibility index (Phi) is 3.61. The Hall–Kier alpha value is -3.42. The van der Waals surface area contributed by atoms with Gasteiger partial charge >= 0.3 is 5.69 Å². The van der Waals surface area contributed by atoms with Gasteiger partial charge in [0.2, 0.25) is 0 Å². The summed E-state index contributed by atoms with van der Waals surface area (Å²) in [7, 11) is 2.94. The van der Waals surface area contributed by atoms with E-state index in [1.165, 1.54) is 30.9 Å². The molecule has 3 aromatic rings. The van der Waals surface area contributed by atoms with Crippen molar-refractivity contribution in [3.63, 3.8) is 0 Å². The van der Waals surface area contributed by atoms with E-state index in [2.05, 4.69) is 4.98 Å². The largest absolute Gasteiger partial charge is 0.490 e. The fraction of sp³-hybridized carbons (Fsp3) is 0.222. The highest BCUT2D eigenvalue weighted by Crippen LogP contribution is 2.31. The van der Waals surface area contributed by atoms with E-state index in [0.717, 1.165) is 4.57 Å². The second kappa shape index (κ2) is 5.83. The number of aryl methyl sites for hydroxylation is 1. The van der Waals surface area contributed by atoms with E-state index in [1.54, 1.807) is 11.0 Å². The number of carbonyl (C=O) groups is 1. The number of ether oxygens (including phenoxy) is 1. The second-order valence-corrected chi connectivity index (χ2v) is 6.07. The third-order valence-corrected chi connectivity index (χ3v) is 4.51. The van der Waals surface area contributed by atoms with Crippen LogP contribution < -0.4 is 20.9 Å². The maximum atomic E-state index is 13.0. The van der Waals surface area contributed by atoms with Crippen LogP contribution in [0.15, 0.2) is 46.1 Å². The standard InChI is InChI=1S/C18H16N4O4/c1-20-15-12(17(24)21(2)18(20)25)9-11(10-19-15)16(23)22-7-8-26-14-6-4-3-5-13(14)22/h3-6,9-10H,7-8H2,1-2H3. The summed E-state index contributed by atoms with van der Waals surface area (Å²) in [5, 5.41) is 0.224. The van der Waals surface area contributed by atoms with Gasteiger partial charge in [0, 0.05) is 20.3 Å². The second-order valence-electron chi connectivity index (χ2n) is 6.07. The third-order valence-electron chi connectivity index (χ3n) is 4.51. The molecule has 0 aliphatic carbocycles. The number of hydrogen-bond donors (Lipinski definition) is 0. The first-order valence-corrected chi connectivity index (χ1v) is 8.08. The zero-order valence-electron chi connectivity index (χ0n) is 14.3. The minimum absolute atomic E-state index is 0.224. The van der Waals surface area contributed by atoms with Crippen LogP contribution in [0, 0.1) is 0 Å². The van der Waals surface area contributed by atoms with Gasteiger partial charge in [-0.3, -0.25) is 18.7 Å². The molecule has 1 aromatic carbocycles. The summed E-state index contributed by atoms with van der Waals surface area (Å²) < 4.78 is 7.86. The molecule has 0 N–H and O–H groups in total. The summed E-state index contributed by atoms with van der Waals surface area (Å²) in [6.07, 6.45) is 1.39. The first-order valence-electron chi connectivity index (χ1n) is 8.08. The number of rotatable bonds is 1. The first kappa shape index (κ1) is 16.1. The molecule has 0 fully saturated rings. The molecule has 0 saturated heterocycles. The molecule has 2 aromatic heterocycles. The van der Waals surface area contributed by atoms with Crippen LogP contribution in [0.2, 0.25) is 0 Å². The van der Waals surface area contributed by atoms with Gasteiger partial charge in [0.15, 0.2) is 0 Å². The molecule has 0 saturated carbocycles. The summed E-state index contributed by atoms with van der Waals surface area (Å²) in [6, 6.07) is 8.78. The Morgan fingerprint density at radius 2 is 1.92 bits per heavy atom. The van der Waals surface area contributed by atoms with E-state index >= 15 is 0 Å². The summed E-state index contributed by atoms with van der Waals surface area (Å²) in [5.41, 5.74) is 0.267. The Morgan fingerprint density at radius 1 is 1.15 bits per heavy atom. The lowest BCUT2D eigenvalue weighted by atomic mass is 10.1. The SMILES string of the molecule is Cn1c(=O)c2cc(C(=O)N3CCOc4ccccc43)cnc2n(C)c1=O. The number of anilines is 1. The van der Waals surface area contributed by atoms with E-state index in [4.69, 9.17) is 4.74 Å². The fourth-order valence-electron chi connectivity index (χ4n) is 3.12. The highest BCUT2D eigenvalue weighted by molar-refractivity contribution is 6.08. The van der Waals surface area contributed by atoms with E-state index in [1.807, 2.05) is 18.2 Å². The lowest BCUT2D eigenvalue weighted by Crippen LogP contribution is -2.39. The summed E-state index contributed by atoms with van der Waals surface area (Å²) >= 11 is 0. The minimum Gasteiger partial charge on any atom is -0.490 e. The number of nitrogens with zero attached hydrogens (tertiary/aromatic N) is 4. The molecule has 26 heavy (non-hydrogen) atoms. The van der Waals surface area contributed by atoms with E-state index in [0.29, 0.717) is 24.6 Å². The quantitative estimate of drug-likeness (QED) is 0.643. The van der Waals surface area contributed by atoms with Crippen LogP contribution in [0.1, 0.15) is 10.4 Å². The molecule has 0 radical (unpaired) electrons. The third kappa shape index (κ3) is 2.30. The van der Waals surface area contributed by atoms with Gasteiger partial charge in [-0.2, -0.15) is 0 Å². The number of pyridine rings is 1. The van der Waals surface area contributed by atoms with Crippen molar-refractivity contribution in [3.8, 4) is 5.75 Å². The van der Waals surface area contributed by atoms with Crippen molar-refractivity contribution in [2.45, 2.75) is 0 Å². The number of benzene rings is 1. The normalized spacial score (nSPS) is 13.4. The molecule has 0 unspecified atom stereocenters.